The van der Waals surface area contributed by atoms with E-state index in [2.05, 4.69) is 35.5 Å². The maximum Gasteiger partial charge on any atom is 0.251 e. The van der Waals surface area contributed by atoms with Crippen LogP contribution in [0, 0.1) is 11.8 Å². The number of carbonyl (C=O) groups excluding carboxylic acids is 2. The largest absolute Gasteiger partial charge is 0.381 e. The van der Waals surface area contributed by atoms with Gasteiger partial charge in [0.05, 0.1) is 0 Å². The van der Waals surface area contributed by atoms with E-state index in [9.17, 15) is 9.59 Å². The van der Waals surface area contributed by atoms with Crippen LogP contribution in [0.1, 0.15) is 43.5 Å². The second-order valence-electron chi connectivity index (χ2n) is 8.53. The van der Waals surface area contributed by atoms with E-state index < -0.39 is 0 Å². The zero-order valence-electron chi connectivity index (χ0n) is 18.2. The van der Waals surface area contributed by atoms with Gasteiger partial charge >= 0.3 is 0 Å². The van der Waals surface area contributed by atoms with Crippen molar-refractivity contribution in [2.75, 3.05) is 19.8 Å². The lowest BCUT2D eigenvalue weighted by Crippen LogP contribution is -2.48. The highest BCUT2D eigenvalue weighted by Crippen LogP contribution is 2.26. The number of hydrogen-bond acceptors (Lipinski definition) is 3. The summed E-state index contributed by atoms with van der Waals surface area (Å²) in [5.41, 5.74) is 2.70. The molecule has 1 saturated heterocycles. The molecule has 1 unspecified atom stereocenters. The topological polar surface area (TPSA) is 83.2 Å². The highest BCUT2D eigenvalue weighted by atomic mass is 16.5. The lowest BCUT2D eigenvalue weighted by atomic mass is 9.96. The van der Waals surface area contributed by atoms with Crippen LogP contribution >= 0.6 is 0 Å². The molecule has 0 saturated carbocycles. The summed E-state index contributed by atoms with van der Waals surface area (Å²) in [4.78, 5) is 29.0. The molecule has 3 aromatic rings. The summed E-state index contributed by atoms with van der Waals surface area (Å²) in [6, 6.07) is 13.7. The zero-order valence-corrected chi connectivity index (χ0v) is 18.2. The van der Waals surface area contributed by atoms with Gasteiger partial charge in [-0.05, 0) is 43.0 Å². The second-order valence-corrected chi connectivity index (χ2v) is 8.53. The Morgan fingerprint density at radius 1 is 1.10 bits per heavy atom. The maximum atomic E-state index is 13.1. The molecule has 2 atom stereocenters. The SMILES string of the molecule is CCC(C)[C@@H](CNC(=O)C1CCOCC1)NC(=O)c1ccc2[nH]c3ccccc3c2c1. The lowest BCUT2D eigenvalue weighted by molar-refractivity contribution is -0.128. The van der Waals surface area contributed by atoms with Crippen LogP contribution in [0.25, 0.3) is 21.8 Å². The summed E-state index contributed by atoms with van der Waals surface area (Å²) in [5.74, 6) is 0.200. The lowest BCUT2D eigenvalue weighted by Gasteiger charge is -2.27. The summed E-state index contributed by atoms with van der Waals surface area (Å²) < 4.78 is 5.34. The van der Waals surface area contributed by atoms with Crippen molar-refractivity contribution in [3.8, 4) is 0 Å². The molecule has 2 aromatic carbocycles. The van der Waals surface area contributed by atoms with Crippen LogP contribution in [0.4, 0.5) is 0 Å². The number of rotatable bonds is 7. The predicted octanol–water partition coefficient (Wildman–Crippen LogP) is 4.01. The molecule has 1 aliphatic heterocycles. The normalized spacial score (nSPS) is 16.8. The Kier molecular flexibility index (Phi) is 6.56. The molecular formula is C25H31N3O3. The Balaban J connectivity index is 1.46. The van der Waals surface area contributed by atoms with Crippen LogP contribution in [0.3, 0.4) is 0 Å². The van der Waals surface area contributed by atoms with Gasteiger partial charge in [0.25, 0.3) is 5.91 Å². The minimum absolute atomic E-state index is 0.00585. The minimum atomic E-state index is -0.125. The number of fused-ring (bicyclic) bond motifs is 3. The number of amides is 2. The van der Waals surface area contributed by atoms with Crippen LogP contribution in [0.15, 0.2) is 42.5 Å². The Morgan fingerprint density at radius 3 is 2.61 bits per heavy atom. The number of H-pyrrole nitrogens is 1. The third-order valence-corrected chi connectivity index (χ3v) is 6.50. The third kappa shape index (κ3) is 4.74. The molecule has 164 valence electrons. The fraction of sp³-hybridized carbons (Fsp3) is 0.440. The Hall–Kier alpha value is -2.86. The van der Waals surface area contributed by atoms with Gasteiger partial charge in [-0.1, -0.05) is 38.5 Å². The highest BCUT2D eigenvalue weighted by molar-refractivity contribution is 6.10. The summed E-state index contributed by atoms with van der Waals surface area (Å²) in [7, 11) is 0. The van der Waals surface area contributed by atoms with Crippen molar-refractivity contribution >= 4 is 33.6 Å². The quantitative estimate of drug-likeness (QED) is 0.539. The third-order valence-electron chi connectivity index (χ3n) is 6.50. The smallest absolute Gasteiger partial charge is 0.251 e. The Labute approximate surface area is 182 Å². The van der Waals surface area contributed by atoms with E-state index in [4.69, 9.17) is 4.74 Å². The second kappa shape index (κ2) is 9.52. The highest BCUT2D eigenvalue weighted by Gasteiger charge is 2.24. The van der Waals surface area contributed by atoms with Gasteiger partial charge in [-0.2, -0.15) is 0 Å². The van der Waals surface area contributed by atoms with E-state index >= 15 is 0 Å². The average molecular weight is 422 g/mol. The molecule has 6 heteroatoms. The molecular weight excluding hydrogens is 390 g/mol. The number of nitrogens with one attached hydrogen (secondary N) is 3. The van der Waals surface area contributed by atoms with Gasteiger partial charge in [-0.25, -0.2) is 0 Å². The van der Waals surface area contributed by atoms with E-state index in [0.29, 0.717) is 25.3 Å². The van der Waals surface area contributed by atoms with E-state index in [1.54, 1.807) is 0 Å². The van der Waals surface area contributed by atoms with Crippen LogP contribution in [0.5, 0.6) is 0 Å². The van der Waals surface area contributed by atoms with Crippen molar-refractivity contribution in [1.29, 1.82) is 0 Å². The number of benzene rings is 2. The van der Waals surface area contributed by atoms with Crippen molar-refractivity contribution in [2.45, 2.75) is 39.2 Å². The van der Waals surface area contributed by atoms with Crippen molar-refractivity contribution < 1.29 is 14.3 Å². The first-order valence-corrected chi connectivity index (χ1v) is 11.2. The summed E-state index contributed by atoms with van der Waals surface area (Å²) in [6.45, 7) is 5.92. The van der Waals surface area contributed by atoms with Crippen LogP contribution in [-0.4, -0.2) is 42.6 Å². The molecule has 1 aromatic heterocycles. The monoisotopic (exact) mass is 421 g/mol. The van der Waals surface area contributed by atoms with Crippen LogP contribution in [0.2, 0.25) is 0 Å². The fourth-order valence-corrected chi connectivity index (χ4v) is 4.23. The van der Waals surface area contributed by atoms with Crippen molar-refractivity contribution in [1.82, 2.24) is 15.6 Å². The maximum absolute atomic E-state index is 13.1. The van der Waals surface area contributed by atoms with Gasteiger partial charge in [0.15, 0.2) is 0 Å². The molecule has 4 rings (SSSR count). The van der Waals surface area contributed by atoms with E-state index in [1.807, 2.05) is 36.4 Å². The van der Waals surface area contributed by atoms with Crippen molar-refractivity contribution in [3.05, 3.63) is 48.0 Å². The van der Waals surface area contributed by atoms with Crippen molar-refractivity contribution in [3.63, 3.8) is 0 Å². The standard InChI is InChI=1S/C25H31N3O3/c1-3-16(2)23(15-26-24(29)17-10-12-31-13-11-17)28-25(30)18-8-9-22-20(14-18)19-6-4-5-7-21(19)27-22/h4-9,14,16-17,23,27H,3,10-13,15H2,1-2H3,(H,26,29)(H,28,30)/t16?,23-/m1/s1. The first-order valence-electron chi connectivity index (χ1n) is 11.2. The van der Waals surface area contributed by atoms with E-state index in [0.717, 1.165) is 41.1 Å². The number of aromatic nitrogens is 1. The molecule has 2 heterocycles. The fourth-order valence-electron chi connectivity index (χ4n) is 4.23. The summed E-state index contributed by atoms with van der Waals surface area (Å²) in [6.07, 6.45) is 2.44. The molecule has 6 nitrogen and oxygen atoms in total. The van der Waals surface area contributed by atoms with Gasteiger partial charge in [0.2, 0.25) is 5.91 Å². The minimum Gasteiger partial charge on any atom is -0.381 e. The predicted molar refractivity (Wildman–Crippen MR) is 123 cm³/mol. The molecule has 1 aliphatic rings. The molecule has 1 fully saturated rings. The van der Waals surface area contributed by atoms with Gasteiger partial charge < -0.3 is 20.4 Å². The number of hydrogen-bond donors (Lipinski definition) is 3. The Morgan fingerprint density at radius 2 is 1.84 bits per heavy atom. The Bertz CT molecular complexity index is 1070. The molecule has 31 heavy (non-hydrogen) atoms. The van der Waals surface area contributed by atoms with E-state index in [-0.39, 0.29) is 29.7 Å². The number of aromatic amines is 1. The first kappa shape index (κ1) is 21.4. The first-order chi connectivity index (χ1) is 15.1. The number of carbonyl (C=O) groups is 2. The molecule has 0 bridgehead atoms. The van der Waals surface area contributed by atoms with Gasteiger partial charge in [0, 0.05) is 59.1 Å². The van der Waals surface area contributed by atoms with Gasteiger partial charge in [-0.3, -0.25) is 9.59 Å². The molecule has 3 N–H and O–H groups in total. The summed E-state index contributed by atoms with van der Waals surface area (Å²) >= 11 is 0. The van der Waals surface area contributed by atoms with E-state index in [1.165, 1.54) is 0 Å². The molecule has 0 spiro atoms. The molecule has 0 radical (unpaired) electrons. The van der Waals surface area contributed by atoms with Crippen molar-refractivity contribution in [2.24, 2.45) is 11.8 Å². The van der Waals surface area contributed by atoms with Gasteiger partial charge in [-0.15, -0.1) is 0 Å². The zero-order chi connectivity index (χ0) is 21.8. The number of para-hydroxylation sites is 1. The van der Waals surface area contributed by atoms with Crippen LogP contribution < -0.4 is 10.6 Å². The molecule has 2 amide bonds. The summed E-state index contributed by atoms with van der Waals surface area (Å²) in [5, 5.41) is 8.36. The number of ether oxygens (including phenoxy) is 1. The van der Waals surface area contributed by atoms with Crippen LogP contribution in [-0.2, 0) is 9.53 Å². The molecule has 0 aliphatic carbocycles. The van der Waals surface area contributed by atoms with Gasteiger partial charge in [0.1, 0.15) is 0 Å². The average Bonchev–Trinajstić information content (AvgIpc) is 3.19.